The van der Waals surface area contributed by atoms with Crippen molar-refractivity contribution in [2.24, 2.45) is 5.10 Å². The van der Waals surface area contributed by atoms with Crippen LogP contribution in [0.3, 0.4) is 0 Å². The third-order valence-electron chi connectivity index (χ3n) is 4.97. The van der Waals surface area contributed by atoms with Crippen LogP contribution in [0, 0.1) is 0 Å². The molecular formula is C20H14BrF7N2O3. The second-order valence-electron chi connectivity index (χ2n) is 7.16. The van der Waals surface area contributed by atoms with Gasteiger partial charge < -0.3 is 10.2 Å². The highest BCUT2D eigenvalue weighted by molar-refractivity contribution is 9.10. The van der Waals surface area contributed by atoms with Gasteiger partial charge in [-0.15, -0.1) is 0 Å². The summed E-state index contributed by atoms with van der Waals surface area (Å²) in [5.41, 5.74) is -5.24. The largest absolute Gasteiger partial charge is 0.460 e. The Morgan fingerprint density at radius 1 is 1.00 bits per heavy atom. The fourth-order valence-electron chi connectivity index (χ4n) is 3.15. The molecule has 2 N–H and O–H groups in total. The number of hydrogen-bond donors (Lipinski definition) is 2. The summed E-state index contributed by atoms with van der Waals surface area (Å²) in [6, 6.07) is 11.8. The number of rotatable bonds is 5. The number of alkyl halides is 7. The van der Waals surface area contributed by atoms with Gasteiger partial charge in [-0.2, -0.15) is 40.8 Å². The molecule has 2 aromatic rings. The van der Waals surface area contributed by atoms with Crippen molar-refractivity contribution >= 4 is 27.5 Å². The summed E-state index contributed by atoms with van der Waals surface area (Å²) >= 11 is 3.11. The predicted molar refractivity (Wildman–Crippen MR) is 104 cm³/mol. The van der Waals surface area contributed by atoms with E-state index in [1.807, 2.05) is 0 Å². The number of aliphatic hydroxyl groups is 2. The average Bonchev–Trinajstić information content (AvgIpc) is 3.12. The monoisotopic (exact) mass is 542 g/mol. The van der Waals surface area contributed by atoms with Crippen molar-refractivity contribution in [2.75, 3.05) is 0 Å². The highest BCUT2D eigenvalue weighted by Gasteiger charge is 2.82. The van der Waals surface area contributed by atoms with Crippen molar-refractivity contribution in [2.45, 2.75) is 36.3 Å². The number of benzene rings is 2. The number of carbonyl (C=O) groups excluding carboxylic acids is 1. The van der Waals surface area contributed by atoms with Crippen molar-refractivity contribution in [1.29, 1.82) is 0 Å². The topological polar surface area (TPSA) is 73.1 Å². The van der Waals surface area contributed by atoms with Crippen molar-refractivity contribution in [1.82, 2.24) is 5.01 Å². The third kappa shape index (κ3) is 4.13. The SMILES string of the molecule is O=C([C@@H](O)c1ccccc1)N1N=C(c2ccc(Br)cc2)C[C@@]1(O)C(F)(F)C(F)(F)C(F)(F)F. The van der Waals surface area contributed by atoms with Gasteiger partial charge in [0.05, 0.1) is 5.71 Å². The minimum atomic E-state index is -6.76. The maximum Gasteiger partial charge on any atom is 0.460 e. The van der Waals surface area contributed by atoms with E-state index >= 15 is 0 Å². The first-order valence-corrected chi connectivity index (χ1v) is 9.88. The molecule has 0 saturated carbocycles. The van der Waals surface area contributed by atoms with Crippen molar-refractivity contribution in [3.05, 3.63) is 70.2 Å². The highest BCUT2D eigenvalue weighted by atomic mass is 79.9. The second-order valence-corrected chi connectivity index (χ2v) is 8.07. The molecule has 2 aromatic carbocycles. The molecule has 1 heterocycles. The molecule has 0 aromatic heterocycles. The maximum atomic E-state index is 14.7. The van der Waals surface area contributed by atoms with E-state index in [-0.39, 0.29) is 11.1 Å². The molecule has 1 aliphatic rings. The van der Waals surface area contributed by atoms with Crippen molar-refractivity contribution < 1.29 is 45.7 Å². The number of nitrogens with zero attached hydrogens (tertiary/aromatic N) is 2. The van der Waals surface area contributed by atoms with Crippen LogP contribution in [0.4, 0.5) is 30.7 Å². The normalized spacial score (nSPS) is 20.5. The Kier molecular flexibility index (Phi) is 6.37. The Bertz CT molecular complexity index is 1060. The van der Waals surface area contributed by atoms with Crippen LogP contribution in [-0.2, 0) is 4.79 Å². The van der Waals surface area contributed by atoms with Crippen LogP contribution in [0.1, 0.15) is 23.7 Å². The van der Waals surface area contributed by atoms with Gasteiger partial charge in [-0.25, -0.2) is 0 Å². The minimum Gasteiger partial charge on any atom is -0.378 e. The van der Waals surface area contributed by atoms with Gasteiger partial charge in [-0.1, -0.05) is 58.4 Å². The van der Waals surface area contributed by atoms with Crippen LogP contribution in [0.25, 0.3) is 0 Å². The molecule has 3 rings (SSSR count). The zero-order valence-corrected chi connectivity index (χ0v) is 17.8. The van der Waals surface area contributed by atoms with Gasteiger partial charge in [0.25, 0.3) is 5.91 Å². The van der Waals surface area contributed by atoms with Gasteiger partial charge in [-0.3, -0.25) is 4.79 Å². The van der Waals surface area contributed by atoms with Crippen molar-refractivity contribution in [3.63, 3.8) is 0 Å². The van der Waals surface area contributed by atoms with Crippen LogP contribution >= 0.6 is 15.9 Å². The van der Waals surface area contributed by atoms with E-state index in [2.05, 4.69) is 21.0 Å². The standard InChI is InChI=1S/C20H14BrF7N2O3/c21-13-8-6-11(7-9-13)14-10-17(33,18(22,23)19(24,25)20(26,27)28)30(29-14)16(32)15(31)12-4-2-1-3-5-12/h1-9,15,31,33H,10H2/t15-,17+/m0/s1. The second kappa shape index (κ2) is 8.37. The number of hydrazone groups is 1. The van der Waals surface area contributed by atoms with Crippen LogP contribution in [-0.4, -0.2) is 50.6 Å². The number of carbonyl (C=O) groups is 1. The van der Waals surface area contributed by atoms with E-state index in [1.54, 1.807) is 0 Å². The third-order valence-corrected chi connectivity index (χ3v) is 5.50. The van der Waals surface area contributed by atoms with E-state index in [4.69, 9.17) is 0 Å². The first-order valence-electron chi connectivity index (χ1n) is 9.09. The minimum absolute atomic E-state index is 0.0350. The number of halogens is 8. The number of amides is 1. The Morgan fingerprint density at radius 2 is 1.55 bits per heavy atom. The molecule has 1 aliphatic heterocycles. The molecule has 0 fully saturated rings. The molecule has 0 radical (unpaired) electrons. The van der Waals surface area contributed by atoms with Gasteiger partial charge in [-0.05, 0) is 23.3 Å². The maximum absolute atomic E-state index is 14.7. The van der Waals surface area contributed by atoms with Gasteiger partial charge in [0, 0.05) is 10.9 Å². The van der Waals surface area contributed by atoms with Crippen LogP contribution in [0.5, 0.6) is 0 Å². The molecule has 0 saturated heterocycles. The fraction of sp³-hybridized carbons (Fsp3) is 0.300. The summed E-state index contributed by atoms with van der Waals surface area (Å²) in [6.07, 6.45) is -10.6. The molecule has 5 nitrogen and oxygen atoms in total. The first-order chi connectivity index (χ1) is 15.1. The Labute approximate surface area is 190 Å². The lowest BCUT2D eigenvalue weighted by Gasteiger charge is -2.41. The Balaban J connectivity index is 2.13. The lowest BCUT2D eigenvalue weighted by molar-refractivity contribution is -0.401. The van der Waals surface area contributed by atoms with Crippen molar-refractivity contribution in [3.8, 4) is 0 Å². The van der Waals surface area contributed by atoms with E-state index in [1.165, 1.54) is 54.6 Å². The smallest absolute Gasteiger partial charge is 0.378 e. The van der Waals surface area contributed by atoms with E-state index in [0.29, 0.717) is 4.47 Å². The first kappa shape index (κ1) is 25.1. The summed E-state index contributed by atoms with van der Waals surface area (Å²) in [5.74, 6) is -14.8. The molecule has 2 atom stereocenters. The molecular weight excluding hydrogens is 529 g/mol. The molecule has 13 heteroatoms. The highest BCUT2D eigenvalue weighted by Crippen LogP contribution is 2.55. The molecule has 0 unspecified atom stereocenters. The predicted octanol–water partition coefficient (Wildman–Crippen LogP) is 4.64. The zero-order chi connectivity index (χ0) is 24.8. The quantitative estimate of drug-likeness (QED) is 0.540. The van der Waals surface area contributed by atoms with Gasteiger partial charge >= 0.3 is 18.0 Å². The van der Waals surface area contributed by atoms with Crippen LogP contribution in [0.15, 0.2) is 64.2 Å². The lowest BCUT2D eigenvalue weighted by Crippen LogP contribution is -2.69. The summed E-state index contributed by atoms with van der Waals surface area (Å²) in [6.45, 7) is 0. The van der Waals surface area contributed by atoms with Gasteiger partial charge in [0.2, 0.25) is 5.72 Å². The summed E-state index contributed by atoms with van der Waals surface area (Å²) in [5, 5.41) is 23.7. The lowest BCUT2D eigenvalue weighted by atomic mass is 9.91. The van der Waals surface area contributed by atoms with Gasteiger partial charge in [0.15, 0.2) is 6.10 Å². The Morgan fingerprint density at radius 3 is 2.06 bits per heavy atom. The summed E-state index contributed by atoms with van der Waals surface area (Å²) in [7, 11) is 0. The molecule has 0 spiro atoms. The summed E-state index contributed by atoms with van der Waals surface area (Å²) in [4.78, 5) is 12.8. The number of aliphatic hydroxyl groups excluding tert-OH is 1. The number of hydrogen-bond acceptors (Lipinski definition) is 4. The fourth-order valence-corrected chi connectivity index (χ4v) is 3.41. The van der Waals surface area contributed by atoms with E-state index < -0.39 is 52.9 Å². The molecule has 0 bridgehead atoms. The Hall–Kier alpha value is -2.51. The molecule has 0 aliphatic carbocycles. The van der Waals surface area contributed by atoms with E-state index in [9.17, 15) is 45.7 Å². The molecule has 178 valence electrons. The van der Waals surface area contributed by atoms with Gasteiger partial charge in [0.1, 0.15) is 0 Å². The average molecular weight is 543 g/mol. The molecule has 33 heavy (non-hydrogen) atoms. The van der Waals surface area contributed by atoms with Crippen LogP contribution in [0.2, 0.25) is 0 Å². The van der Waals surface area contributed by atoms with Crippen LogP contribution < -0.4 is 0 Å². The zero-order valence-electron chi connectivity index (χ0n) is 16.2. The van der Waals surface area contributed by atoms with E-state index in [0.717, 1.165) is 0 Å². The molecule has 1 amide bonds. The summed E-state index contributed by atoms with van der Waals surface area (Å²) < 4.78 is 96.2.